The number of aryl methyl sites for hydroxylation is 1. The summed E-state index contributed by atoms with van der Waals surface area (Å²) >= 11 is 0. The van der Waals surface area contributed by atoms with Crippen LogP contribution in [0.5, 0.6) is 0 Å². The van der Waals surface area contributed by atoms with Crippen molar-refractivity contribution < 1.29 is 14.4 Å². The molecule has 0 saturated carbocycles. The van der Waals surface area contributed by atoms with E-state index in [0.29, 0.717) is 16.8 Å². The standard InChI is InChI=1S/C19H21N3O3/c1-13-7-3-4-8-14(13)19(25)21-12-11-17(23)22-16-10-6-5-9-15(16)18(24)20-2/h3-10H,11-12H2,1-2H3,(H,20,24)(H,21,25)(H,22,23). The summed E-state index contributed by atoms with van der Waals surface area (Å²) in [5, 5.41) is 7.95. The second-order valence-electron chi connectivity index (χ2n) is 5.49. The Morgan fingerprint density at radius 3 is 2.20 bits per heavy atom. The molecule has 0 spiro atoms. The van der Waals surface area contributed by atoms with Crippen LogP contribution in [0.1, 0.15) is 32.7 Å². The van der Waals surface area contributed by atoms with Crippen molar-refractivity contribution in [2.75, 3.05) is 18.9 Å². The first kappa shape index (κ1) is 18.2. The highest BCUT2D eigenvalue weighted by atomic mass is 16.2. The minimum Gasteiger partial charge on any atom is -0.355 e. The fraction of sp³-hybridized carbons (Fsp3) is 0.211. The van der Waals surface area contributed by atoms with Crippen molar-refractivity contribution in [1.29, 1.82) is 0 Å². The van der Waals surface area contributed by atoms with Crippen molar-refractivity contribution >= 4 is 23.4 Å². The third kappa shape index (κ3) is 4.91. The molecule has 2 aromatic carbocycles. The zero-order valence-electron chi connectivity index (χ0n) is 14.3. The van der Waals surface area contributed by atoms with Gasteiger partial charge >= 0.3 is 0 Å². The fourth-order valence-corrected chi connectivity index (χ4v) is 2.35. The third-order valence-corrected chi connectivity index (χ3v) is 3.70. The first-order valence-corrected chi connectivity index (χ1v) is 7.97. The van der Waals surface area contributed by atoms with Gasteiger partial charge in [0.25, 0.3) is 11.8 Å². The number of nitrogens with one attached hydrogen (secondary N) is 3. The van der Waals surface area contributed by atoms with Gasteiger partial charge in [-0.3, -0.25) is 14.4 Å². The average molecular weight is 339 g/mol. The van der Waals surface area contributed by atoms with Crippen molar-refractivity contribution in [2.45, 2.75) is 13.3 Å². The van der Waals surface area contributed by atoms with Gasteiger partial charge in [0.05, 0.1) is 11.3 Å². The van der Waals surface area contributed by atoms with Crippen LogP contribution < -0.4 is 16.0 Å². The Bertz CT molecular complexity index is 787. The molecule has 0 aliphatic rings. The number of hydrogen-bond acceptors (Lipinski definition) is 3. The molecule has 0 radical (unpaired) electrons. The van der Waals surface area contributed by atoms with Crippen molar-refractivity contribution in [3.63, 3.8) is 0 Å². The van der Waals surface area contributed by atoms with Gasteiger partial charge in [0.2, 0.25) is 5.91 Å². The van der Waals surface area contributed by atoms with E-state index in [4.69, 9.17) is 0 Å². The van der Waals surface area contributed by atoms with Gasteiger partial charge < -0.3 is 16.0 Å². The van der Waals surface area contributed by atoms with E-state index in [1.54, 1.807) is 36.4 Å². The van der Waals surface area contributed by atoms with Crippen molar-refractivity contribution in [1.82, 2.24) is 10.6 Å². The molecule has 3 amide bonds. The van der Waals surface area contributed by atoms with Crippen molar-refractivity contribution in [3.05, 3.63) is 65.2 Å². The summed E-state index contributed by atoms with van der Waals surface area (Å²) in [7, 11) is 1.53. The van der Waals surface area contributed by atoms with Gasteiger partial charge in [-0.25, -0.2) is 0 Å². The van der Waals surface area contributed by atoms with E-state index in [-0.39, 0.29) is 30.7 Å². The van der Waals surface area contributed by atoms with Gasteiger partial charge in [0.1, 0.15) is 0 Å². The second-order valence-corrected chi connectivity index (χ2v) is 5.49. The van der Waals surface area contributed by atoms with Crippen LogP contribution in [-0.4, -0.2) is 31.3 Å². The average Bonchev–Trinajstić information content (AvgIpc) is 2.61. The summed E-state index contributed by atoms with van der Waals surface area (Å²) in [6.45, 7) is 2.07. The molecule has 6 nitrogen and oxygen atoms in total. The molecule has 2 rings (SSSR count). The minimum absolute atomic E-state index is 0.111. The molecular formula is C19H21N3O3. The number of amides is 3. The van der Waals surface area contributed by atoms with E-state index >= 15 is 0 Å². The molecule has 130 valence electrons. The summed E-state index contributed by atoms with van der Waals surface area (Å²) in [6, 6.07) is 14.0. The molecule has 0 saturated heterocycles. The SMILES string of the molecule is CNC(=O)c1ccccc1NC(=O)CCNC(=O)c1ccccc1C. The topological polar surface area (TPSA) is 87.3 Å². The van der Waals surface area contributed by atoms with Crippen LogP contribution >= 0.6 is 0 Å². The van der Waals surface area contributed by atoms with Crippen molar-refractivity contribution in [3.8, 4) is 0 Å². The Morgan fingerprint density at radius 2 is 1.52 bits per heavy atom. The number of benzene rings is 2. The molecule has 0 unspecified atom stereocenters. The van der Waals surface area contributed by atoms with E-state index in [0.717, 1.165) is 5.56 Å². The van der Waals surface area contributed by atoms with Crippen LogP contribution in [0.4, 0.5) is 5.69 Å². The highest BCUT2D eigenvalue weighted by Gasteiger charge is 2.12. The Labute approximate surface area is 146 Å². The monoisotopic (exact) mass is 339 g/mol. The predicted molar refractivity (Wildman–Crippen MR) is 96.6 cm³/mol. The lowest BCUT2D eigenvalue weighted by Crippen LogP contribution is -2.28. The molecule has 0 bridgehead atoms. The minimum atomic E-state index is -0.276. The Kier molecular flexibility index (Phi) is 6.28. The molecule has 3 N–H and O–H groups in total. The number of carbonyl (C=O) groups is 3. The number of rotatable bonds is 6. The molecule has 0 fully saturated rings. The summed E-state index contributed by atoms with van der Waals surface area (Å²) in [4.78, 5) is 35.9. The number of carbonyl (C=O) groups excluding carboxylic acids is 3. The van der Waals surface area contributed by atoms with Crippen LogP contribution in [0.25, 0.3) is 0 Å². The molecule has 25 heavy (non-hydrogen) atoms. The molecule has 0 atom stereocenters. The van der Waals surface area contributed by atoms with Crippen LogP contribution in [0.15, 0.2) is 48.5 Å². The van der Waals surface area contributed by atoms with Gasteiger partial charge in [-0.05, 0) is 30.7 Å². The Hall–Kier alpha value is -3.15. The second kappa shape index (κ2) is 8.63. The Morgan fingerprint density at radius 1 is 0.880 bits per heavy atom. The zero-order valence-corrected chi connectivity index (χ0v) is 14.3. The summed E-state index contributed by atoms with van der Waals surface area (Å²) < 4.78 is 0. The molecule has 6 heteroatoms. The fourth-order valence-electron chi connectivity index (χ4n) is 2.35. The first-order chi connectivity index (χ1) is 12.0. The zero-order chi connectivity index (χ0) is 18.2. The van der Waals surface area contributed by atoms with E-state index < -0.39 is 0 Å². The molecule has 0 heterocycles. The lowest BCUT2D eigenvalue weighted by Gasteiger charge is -2.11. The maximum absolute atomic E-state index is 12.1. The van der Waals surface area contributed by atoms with Crippen LogP contribution in [0.3, 0.4) is 0 Å². The summed E-state index contributed by atoms with van der Waals surface area (Å²) in [6.07, 6.45) is 0.111. The first-order valence-electron chi connectivity index (χ1n) is 7.97. The third-order valence-electron chi connectivity index (χ3n) is 3.70. The quantitative estimate of drug-likeness (QED) is 0.753. The van der Waals surface area contributed by atoms with E-state index in [1.807, 2.05) is 19.1 Å². The van der Waals surface area contributed by atoms with Gasteiger partial charge in [-0.15, -0.1) is 0 Å². The molecule has 0 aromatic heterocycles. The molecular weight excluding hydrogens is 318 g/mol. The van der Waals surface area contributed by atoms with Gasteiger partial charge in [0, 0.05) is 25.6 Å². The maximum Gasteiger partial charge on any atom is 0.253 e. The van der Waals surface area contributed by atoms with Crippen LogP contribution in [0.2, 0.25) is 0 Å². The lowest BCUT2D eigenvalue weighted by molar-refractivity contribution is -0.116. The van der Waals surface area contributed by atoms with Gasteiger partial charge in [-0.1, -0.05) is 30.3 Å². The Balaban J connectivity index is 1.89. The summed E-state index contributed by atoms with van der Waals surface area (Å²) in [5.41, 5.74) is 2.30. The lowest BCUT2D eigenvalue weighted by atomic mass is 10.1. The molecule has 0 aliphatic heterocycles. The number of para-hydroxylation sites is 1. The van der Waals surface area contributed by atoms with E-state index in [9.17, 15) is 14.4 Å². The van der Waals surface area contributed by atoms with E-state index in [1.165, 1.54) is 7.05 Å². The number of anilines is 1. The van der Waals surface area contributed by atoms with E-state index in [2.05, 4.69) is 16.0 Å². The van der Waals surface area contributed by atoms with Crippen LogP contribution in [-0.2, 0) is 4.79 Å². The van der Waals surface area contributed by atoms with Crippen LogP contribution in [0, 0.1) is 6.92 Å². The highest BCUT2D eigenvalue weighted by Crippen LogP contribution is 2.15. The molecule has 2 aromatic rings. The van der Waals surface area contributed by atoms with Gasteiger partial charge in [0.15, 0.2) is 0 Å². The predicted octanol–water partition coefficient (Wildman–Crippen LogP) is 2.11. The maximum atomic E-state index is 12.1. The largest absolute Gasteiger partial charge is 0.355 e. The van der Waals surface area contributed by atoms with Crippen molar-refractivity contribution in [2.24, 2.45) is 0 Å². The molecule has 0 aliphatic carbocycles. The normalized spacial score (nSPS) is 10.0. The summed E-state index contributed by atoms with van der Waals surface area (Å²) in [5.74, 6) is -0.762. The van der Waals surface area contributed by atoms with Gasteiger partial charge in [-0.2, -0.15) is 0 Å². The number of hydrogen-bond donors (Lipinski definition) is 3. The smallest absolute Gasteiger partial charge is 0.253 e. The highest BCUT2D eigenvalue weighted by molar-refractivity contribution is 6.03.